The molecule has 26 heavy (non-hydrogen) atoms. The van der Waals surface area contributed by atoms with Gasteiger partial charge in [-0.05, 0) is 31.5 Å². The lowest BCUT2D eigenvalue weighted by molar-refractivity contribution is 0.0577. The van der Waals surface area contributed by atoms with Gasteiger partial charge in [0.05, 0.1) is 6.33 Å². The molecular weight excluding hydrogens is 330 g/mol. The Kier molecular flexibility index (Phi) is 6.12. The van der Waals surface area contributed by atoms with Gasteiger partial charge in [0, 0.05) is 50.2 Å². The summed E-state index contributed by atoms with van der Waals surface area (Å²) in [6.07, 6.45) is 6.92. The van der Waals surface area contributed by atoms with Crippen LogP contribution in [0, 0.1) is 0 Å². The van der Waals surface area contributed by atoms with Crippen molar-refractivity contribution in [3.05, 3.63) is 58.5 Å². The van der Waals surface area contributed by atoms with Gasteiger partial charge in [-0.2, -0.15) is 0 Å². The normalized spacial score (nSPS) is 15.7. The van der Waals surface area contributed by atoms with Gasteiger partial charge in [-0.25, -0.2) is 4.98 Å². The molecule has 1 aliphatic rings. The number of aromatic amines is 1. The third-order valence-electron chi connectivity index (χ3n) is 4.99. The molecule has 7 heteroatoms. The zero-order valence-electron chi connectivity index (χ0n) is 15.1. The molecule has 3 heterocycles. The van der Waals surface area contributed by atoms with E-state index >= 15 is 0 Å². The van der Waals surface area contributed by atoms with Crippen LogP contribution in [0.2, 0.25) is 0 Å². The van der Waals surface area contributed by atoms with E-state index in [9.17, 15) is 9.59 Å². The second kappa shape index (κ2) is 8.71. The number of pyridine rings is 1. The van der Waals surface area contributed by atoms with Crippen molar-refractivity contribution in [3.63, 3.8) is 0 Å². The van der Waals surface area contributed by atoms with Gasteiger partial charge in [0.2, 0.25) is 0 Å². The van der Waals surface area contributed by atoms with Crippen LogP contribution in [0.3, 0.4) is 0 Å². The largest absolute Gasteiger partial charge is 0.335 e. The molecule has 7 nitrogen and oxygen atoms in total. The van der Waals surface area contributed by atoms with Crippen molar-refractivity contribution >= 4 is 5.91 Å². The van der Waals surface area contributed by atoms with Crippen LogP contribution in [0.1, 0.15) is 35.8 Å². The number of piperidine rings is 1. The highest BCUT2D eigenvalue weighted by molar-refractivity contribution is 5.93. The van der Waals surface area contributed by atoms with Crippen molar-refractivity contribution in [1.82, 2.24) is 24.8 Å². The summed E-state index contributed by atoms with van der Waals surface area (Å²) in [7, 11) is 0. The van der Waals surface area contributed by atoms with Crippen LogP contribution in [0.5, 0.6) is 0 Å². The van der Waals surface area contributed by atoms with Crippen LogP contribution in [0.4, 0.5) is 0 Å². The summed E-state index contributed by atoms with van der Waals surface area (Å²) in [6, 6.07) is 5.91. The van der Waals surface area contributed by atoms with Crippen LogP contribution in [0.25, 0.3) is 0 Å². The van der Waals surface area contributed by atoms with Crippen molar-refractivity contribution in [2.75, 3.05) is 26.2 Å². The van der Waals surface area contributed by atoms with Gasteiger partial charge in [-0.1, -0.05) is 13.0 Å². The molecule has 1 N–H and O–H groups in total. The third-order valence-corrected chi connectivity index (χ3v) is 4.99. The molecule has 0 saturated carbocycles. The van der Waals surface area contributed by atoms with Crippen molar-refractivity contribution in [3.8, 4) is 0 Å². The Bertz CT molecular complexity index is 769. The average molecular weight is 355 g/mol. The highest BCUT2D eigenvalue weighted by Crippen LogP contribution is 2.18. The molecular formula is C19H25N5O2. The van der Waals surface area contributed by atoms with E-state index in [1.807, 2.05) is 23.1 Å². The van der Waals surface area contributed by atoms with E-state index in [0.717, 1.165) is 38.2 Å². The number of nitrogens with one attached hydrogen (secondary N) is 1. The lowest BCUT2D eigenvalue weighted by Crippen LogP contribution is -2.49. The Morgan fingerprint density at radius 2 is 2.15 bits per heavy atom. The number of aromatic nitrogens is 3. The maximum absolute atomic E-state index is 13.1. The molecule has 2 aromatic heterocycles. The van der Waals surface area contributed by atoms with E-state index < -0.39 is 0 Å². The van der Waals surface area contributed by atoms with Crippen LogP contribution in [0.15, 0.2) is 41.7 Å². The first-order valence-electron chi connectivity index (χ1n) is 9.15. The minimum absolute atomic E-state index is 0.103. The second-order valence-electron chi connectivity index (χ2n) is 6.53. The Morgan fingerprint density at radius 3 is 2.81 bits per heavy atom. The Hall–Kier alpha value is -2.54. The predicted molar refractivity (Wildman–Crippen MR) is 99.0 cm³/mol. The lowest BCUT2D eigenvalue weighted by Gasteiger charge is -2.38. The second-order valence-corrected chi connectivity index (χ2v) is 6.53. The predicted octanol–water partition coefficient (Wildman–Crippen LogP) is 1.33. The van der Waals surface area contributed by atoms with Crippen molar-refractivity contribution < 1.29 is 4.79 Å². The van der Waals surface area contributed by atoms with Crippen LogP contribution < -0.4 is 5.56 Å². The summed E-state index contributed by atoms with van der Waals surface area (Å²) in [5.41, 5.74) is 0.654. The Labute approximate surface area is 153 Å². The molecule has 2 aromatic rings. The maximum atomic E-state index is 13.1. The van der Waals surface area contributed by atoms with Gasteiger partial charge in [0.15, 0.2) is 0 Å². The number of nitrogens with zero attached hydrogens (tertiary/aromatic N) is 4. The first-order valence-corrected chi connectivity index (χ1v) is 9.15. The highest BCUT2D eigenvalue weighted by Gasteiger charge is 2.29. The molecule has 3 rings (SSSR count). The van der Waals surface area contributed by atoms with Crippen LogP contribution in [-0.2, 0) is 6.42 Å². The third kappa shape index (κ3) is 4.35. The first kappa shape index (κ1) is 18.3. The molecule has 0 aliphatic carbocycles. The van der Waals surface area contributed by atoms with E-state index in [0.29, 0.717) is 13.0 Å². The zero-order chi connectivity index (χ0) is 18.4. The molecule has 1 amide bonds. The molecule has 138 valence electrons. The number of likely N-dealkylation sites (tertiary alicyclic amines) is 1. The number of hydrogen-bond acceptors (Lipinski definition) is 5. The molecule has 0 bridgehead atoms. The summed E-state index contributed by atoms with van der Waals surface area (Å²) in [5.74, 6) is -0.245. The van der Waals surface area contributed by atoms with Crippen molar-refractivity contribution in [2.45, 2.75) is 32.2 Å². The number of amides is 1. The highest BCUT2D eigenvalue weighted by atomic mass is 16.2. The van der Waals surface area contributed by atoms with Gasteiger partial charge in [0.25, 0.3) is 11.5 Å². The van der Waals surface area contributed by atoms with Gasteiger partial charge >= 0.3 is 0 Å². The number of rotatable bonds is 6. The van der Waals surface area contributed by atoms with E-state index in [4.69, 9.17) is 0 Å². The van der Waals surface area contributed by atoms with Gasteiger partial charge < -0.3 is 14.8 Å². The van der Waals surface area contributed by atoms with Gasteiger partial charge in [-0.3, -0.25) is 14.6 Å². The van der Waals surface area contributed by atoms with Crippen LogP contribution in [-0.4, -0.2) is 62.9 Å². The maximum Gasteiger partial charge on any atom is 0.263 e. The molecule has 1 aliphatic heterocycles. The van der Waals surface area contributed by atoms with E-state index in [-0.39, 0.29) is 23.1 Å². The Balaban J connectivity index is 1.78. The van der Waals surface area contributed by atoms with Crippen molar-refractivity contribution in [2.24, 2.45) is 0 Å². The monoisotopic (exact) mass is 355 g/mol. The number of carbonyl (C=O) groups excluding carboxylic acids is 1. The average Bonchev–Trinajstić information content (AvgIpc) is 2.69. The number of hydrogen-bond donors (Lipinski definition) is 1. The number of carbonyl (C=O) groups is 1. The smallest absolute Gasteiger partial charge is 0.263 e. The quantitative estimate of drug-likeness (QED) is 0.845. The molecule has 1 fully saturated rings. The molecule has 1 saturated heterocycles. The molecule has 0 unspecified atom stereocenters. The molecule has 0 radical (unpaired) electrons. The SMILES string of the molecule is CCN1CCC(N(CCc2ccccn2)C(=O)c2cnc[nH]c2=O)CC1. The topological polar surface area (TPSA) is 82.2 Å². The molecule has 0 spiro atoms. The summed E-state index contributed by atoms with van der Waals surface area (Å²) in [5, 5.41) is 0. The van der Waals surface area contributed by atoms with Gasteiger partial charge in [-0.15, -0.1) is 0 Å². The van der Waals surface area contributed by atoms with Crippen molar-refractivity contribution in [1.29, 1.82) is 0 Å². The van der Waals surface area contributed by atoms with E-state index in [1.54, 1.807) is 6.20 Å². The van der Waals surface area contributed by atoms with Gasteiger partial charge in [0.1, 0.15) is 5.56 Å². The summed E-state index contributed by atoms with van der Waals surface area (Å²) in [6.45, 7) is 5.66. The minimum atomic E-state index is -0.390. The fraction of sp³-hybridized carbons (Fsp3) is 0.474. The minimum Gasteiger partial charge on any atom is -0.335 e. The standard InChI is InChI=1S/C19H25N5O2/c1-2-23-10-7-16(8-11-23)24(12-6-15-5-3-4-9-21-15)19(26)17-13-20-14-22-18(17)25/h3-5,9,13-14,16H,2,6-8,10-12H2,1H3,(H,20,22,25). The fourth-order valence-electron chi connectivity index (χ4n) is 3.43. The Morgan fingerprint density at radius 1 is 1.35 bits per heavy atom. The fourth-order valence-corrected chi connectivity index (χ4v) is 3.43. The van der Waals surface area contributed by atoms with Crippen LogP contribution >= 0.6 is 0 Å². The zero-order valence-corrected chi connectivity index (χ0v) is 15.1. The molecule has 0 aromatic carbocycles. The summed E-state index contributed by atoms with van der Waals surface area (Å²) in [4.78, 5) is 40.1. The number of H-pyrrole nitrogens is 1. The summed E-state index contributed by atoms with van der Waals surface area (Å²) >= 11 is 0. The lowest BCUT2D eigenvalue weighted by atomic mass is 10.0. The first-order chi connectivity index (χ1) is 12.7. The van der Waals surface area contributed by atoms with E-state index in [2.05, 4.69) is 26.8 Å². The molecule has 0 atom stereocenters. The van der Waals surface area contributed by atoms with E-state index in [1.165, 1.54) is 12.5 Å². The summed E-state index contributed by atoms with van der Waals surface area (Å²) < 4.78 is 0.